The van der Waals surface area contributed by atoms with Crippen molar-refractivity contribution in [3.05, 3.63) is 0 Å². The number of carbonyl (C=O) groups is 1. The highest BCUT2D eigenvalue weighted by Gasteiger charge is 2.48. The third-order valence-corrected chi connectivity index (χ3v) is 4.99. The lowest BCUT2D eigenvalue weighted by Gasteiger charge is -2.31. The summed E-state index contributed by atoms with van der Waals surface area (Å²) in [7, 11) is -3.73. The van der Waals surface area contributed by atoms with E-state index in [4.69, 9.17) is 14.2 Å². The number of carboxylic acids is 1. The maximum Gasteiger partial charge on any atom is 0.409 e. The zero-order chi connectivity index (χ0) is 14.8. The number of hydrogen-bond acceptors (Lipinski definition) is 5. The van der Waals surface area contributed by atoms with Crippen molar-refractivity contribution in [2.24, 2.45) is 0 Å². The molecule has 0 bridgehead atoms. The van der Waals surface area contributed by atoms with Crippen molar-refractivity contribution in [3.63, 3.8) is 0 Å². The van der Waals surface area contributed by atoms with Crippen molar-refractivity contribution >= 4 is 13.7 Å². The van der Waals surface area contributed by atoms with E-state index in [-0.39, 0.29) is 25.2 Å². The van der Waals surface area contributed by atoms with E-state index in [1.54, 1.807) is 27.7 Å². The fourth-order valence-corrected chi connectivity index (χ4v) is 4.26. The second kappa shape index (κ2) is 6.33. The van der Waals surface area contributed by atoms with Crippen LogP contribution in [0.15, 0.2) is 0 Å². The first-order chi connectivity index (χ1) is 8.65. The maximum absolute atomic E-state index is 12.8. The minimum Gasteiger partial charge on any atom is -0.480 e. The Morgan fingerprint density at radius 1 is 1.26 bits per heavy atom. The minimum absolute atomic E-state index is 0.0161. The highest BCUT2D eigenvalue weighted by Crippen LogP contribution is 2.57. The molecule has 2 N–H and O–H groups in total. The van der Waals surface area contributed by atoms with E-state index < -0.39 is 25.9 Å². The van der Waals surface area contributed by atoms with E-state index in [0.717, 1.165) is 4.67 Å². The van der Waals surface area contributed by atoms with Crippen LogP contribution in [0.1, 0.15) is 34.1 Å². The summed E-state index contributed by atoms with van der Waals surface area (Å²) >= 11 is 0. The van der Waals surface area contributed by atoms with Gasteiger partial charge in [0.25, 0.3) is 0 Å². The zero-order valence-corrected chi connectivity index (χ0v) is 12.5. The highest BCUT2D eigenvalue weighted by atomic mass is 31.2. The second-order valence-corrected chi connectivity index (χ2v) is 7.02. The number of carboxylic acid groups (broad SMARTS) is 1. The second-order valence-electron chi connectivity index (χ2n) is 5.14. The highest BCUT2D eigenvalue weighted by molar-refractivity contribution is 7.51. The first-order valence-electron chi connectivity index (χ1n) is 6.30. The lowest BCUT2D eigenvalue weighted by Crippen LogP contribution is -2.36. The Morgan fingerprint density at radius 2 is 1.74 bits per heavy atom. The summed E-state index contributed by atoms with van der Waals surface area (Å²) in [4.78, 5) is 11.2. The van der Waals surface area contributed by atoms with Gasteiger partial charge >= 0.3 is 13.7 Å². The summed E-state index contributed by atoms with van der Waals surface area (Å²) in [5, 5.41) is 18.8. The predicted molar refractivity (Wildman–Crippen MR) is 68.8 cm³/mol. The number of β-amino-alcohol motifs (C(OH)–C–C–N with tert-alkyl or cyclic N) is 1. The number of nitrogens with zero attached hydrogens (tertiary/aromatic N) is 1. The molecule has 0 aromatic carbocycles. The van der Waals surface area contributed by atoms with Gasteiger partial charge in [-0.3, -0.25) is 13.8 Å². The molecule has 7 nitrogen and oxygen atoms in total. The summed E-state index contributed by atoms with van der Waals surface area (Å²) in [6.45, 7) is 6.74. The lowest BCUT2D eigenvalue weighted by atomic mass is 10.2. The van der Waals surface area contributed by atoms with Crippen molar-refractivity contribution in [3.8, 4) is 0 Å². The average molecular weight is 295 g/mol. The molecule has 0 amide bonds. The molecule has 1 rings (SSSR count). The van der Waals surface area contributed by atoms with Crippen molar-refractivity contribution in [1.29, 1.82) is 0 Å². The van der Waals surface area contributed by atoms with E-state index >= 15 is 0 Å². The van der Waals surface area contributed by atoms with Crippen LogP contribution in [0.3, 0.4) is 0 Å². The number of aliphatic hydroxyl groups excluding tert-OH is 1. The third kappa shape index (κ3) is 4.26. The first kappa shape index (κ1) is 16.6. The Hall–Kier alpha value is -0.460. The third-order valence-electron chi connectivity index (χ3n) is 2.54. The molecule has 0 aromatic heterocycles. The van der Waals surface area contributed by atoms with Gasteiger partial charge in [0.1, 0.15) is 6.04 Å². The predicted octanol–water partition coefficient (Wildman–Crippen LogP) is 1.46. The smallest absolute Gasteiger partial charge is 0.409 e. The van der Waals surface area contributed by atoms with Gasteiger partial charge in [0, 0.05) is 13.0 Å². The standard InChI is InChI=1S/C11H22NO6P/c1-7(2)17-19(16,18-8(3)4)12-6-9(13)5-10(12)11(14)15/h7-10,13H,5-6H2,1-4H3,(H,14,15)/t9?,10-/m0/s1. The molecule has 0 aliphatic carbocycles. The summed E-state index contributed by atoms with van der Waals surface area (Å²) < 4.78 is 24.6. The van der Waals surface area contributed by atoms with E-state index in [1.165, 1.54) is 0 Å². The first-order valence-corrected chi connectivity index (χ1v) is 7.80. The molecule has 1 aliphatic rings. The van der Waals surface area contributed by atoms with Crippen LogP contribution in [-0.2, 0) is 18.4 Å². The molecule has 0 radical (unpaired) electrons. The molecule has 0 spiro atoms. The summed E-state index contributed by atoms with van der Waals surface area (Å²) in [5.74, 6) is -1.14. The normalized spacial score (nSPS) is 25.4. The Kier molecular flexibility index (Phi) is 5.53. The molecule has 8 heteroatoms. The van der Waals surface area contributed by atoms with Gasteiger partial charge in [-0.2, -0.15) is 4.67 Å². The van der Waals surface area contributed by atoms with Crippen LogP contribution in [0.25, 0.3) is 0 Å². The van der Waals surface area contributed by atoms with Gasteiger partial charge in [-0.1, -0.05) is 0 Å². The zero-order valence-electron chi connectivity index (χ0n) is 11.6. The summed E-state index contributed by atoms with van der Waals surface area (Å²) in [6, 6.07) is -1.06. The number of rotatable bonds is 6. The maximum atomic E-state index is 12.8. The molecule has 1 saturated heterocycles. The Bertz CT molecular complexity index is 358. The number of aliphatic hydroxyl groups is 1. The quantitative estimate of drug-likeness (QED) is 0.716. The molecule has 19 heavy (non-hydrogen) atoms. The van der Waals surface area contributed by atoms with Crippen LogP contribution in [0.2, 0.25) is 0 Å². The molecule has 1 aliphatic heterocycles. The Labute approximate surface area is 113 Å². The SMILES string of the molecule is CC(C)OP(=O)(OC(C)C)N1CC(O)C[C@H]1C(=O)O. The molecule has 1 unspecified atom stereocenters. The molecule has 2 atom stereocenters. The molecule has 1 heterocycles. The molecular formula is C11H22NO6P. The van der Waals surface area contributed by atoms with Gasteiger partial charge in [0.2, 0.25) is 0 Å². The molecule has 0 aromatic rings. The van der Waals surface area contributed by atoms with E-state index in [1.807, 2.05) is 0 Å². The van der Waals surface area contributed by atoms with Gasteiger partial charge in [-0.05, 0) is 27.7 Å². The number of aliphatic carboxylic acids is 1. The Balaban J connectivity index is 3.02. The van der Waals surface area contributed by atoms with Crippen LogP contribution in [0.5, 0.6) is 0 Å². The largest absolute Gasteiger partial charge is 0.480 e. The Morgan fingerprint density at radius 3 is 2.11 bits per heavy atom. The van der Waals surface area contributed by atoms with Gasteiger partial charge in [0.15, 0.2) is 0 Å². The summed E-state index contributed by atoms with van der Waals surface area (Å²) in [6.07, 6.45) is -1.59. The van der Waals surface area contributed by atoms with Crippen LogP contribution < -0.4 is 0 Å². The lowest BCUT2D eigenvalue weighted by molar-refractivity contribution is -0.141. The molecule has 0 saturated carbocycles. The van der Waals surface area contributed by atoms with Crippen molar-refractivity contribution in [2.75, 3.05) is 6.54 Å². The van der Waals surface area contributed by atoms with E-state index in [9.17, 15) is 14.5 Å². The average Bonchev–Trinajstić information content (AvgIpc) is 2.58. The van der Waals surface area contributed by atoms with E-state index in [0.29, 0.717) is 0 Å². The van der Waals surface area contributed by atoms with Crippen LogP contribution in [-0.4, -0.2) is 51.8 Å². The minimum atomic E-state index is -3.73. The van der Waals surface area contributed by atoms with Gasteiger partial charge in [-0.25, -0.2) is 4.57 Å². The van der Waals surface area contributed by atoms with E-state index in [2.05, 4.69) is 0 Å². The molecule has 112 valence electrons. The van der Waals surface area contributed by atoms with Gasteiger partial charge in [-0.15, -0.1) is 0 Å². The van der Waals surface area contributed by atoms with Gasteiger partial charge < -0.3 is 10.2 Å². The van der Waals surface area contributed by atoms with Crippen molar-refractivity contribution in [2.45, 2.75) is 58.5 Å². The van der Waals surface area contributed by atoms with Crippen LogP contribution in [0.4, 0.5) is 0 Å². The van der Waals surface area contributed by atoms with Crippen molar-refractivity contribution in [1.82, 2.24) is 4.67 Å². The monoisotopic (exact) mass is 295 g/mol. The summed E-state index contributed by atoms with van der Waals surface area (Å²) in [5.41, 5.74) is 0. The van der Waals surface area contributed by atoms with Crippen LogP contribution in [0, 0.1) is 0 Å². The number of hydrogen-bond donors (Lipinski definition) is 2. The molecule has 1 fully saturated rings. The van der Waals surface area contributed by atoms with Crippen molar-refractivity contribution < 1.29 is 28.6 Å². The topological polar surface area (TPSA) is 96.3 Å². The van der Waals surface area contributed by atoms with Gasteiger partial charge in [0.05, 0.1) is 18.3 Å². The molecular weight excluding hydrogens is 273 g/mol. The fourth-order valence-electron chi connectivity index (χ4n) is 1.97. The van der Waals surface area contributed by atoms with Crippen LogP contribution >= 0.6 is 7.75 Å². The fraction of sp³-hybridized carbons (Fsp3) is 0.909.